The number of nitrogens with one attached hydrogen (secondary N) is 3. The zero-order chi connectivity index (χ0) is 31.1. The summed E-state index contributed by atoms with van der Waals surface area (Å²) in [6.45, 7) is 0.923. The van der Waals surface area contributed by atoms with E-state index in [-0.39, 0.29) is 24.7 Å². The van der Waals surface area contributed by atoms with Gasteiger partial charge in [0.05, 0.1) is 6.42 Å². The van der Waals surface area contributed by atoms with Gasteiger partial charge in [-0.25, -0.2) is 0 Å². The minimum absolute atomic E-state index is 0.129. The van der Waals surface area contributed by atoms with Crippen LogP contribution in [0.3, 0.4) is 0 Å². The van der Waals surface area contributed by atoms with Gasteiger partial charge >= 0.3 is 0 Å². The van der Waals surface area contributed by atoms with Crippen molar-refractivity contribution in [3.05, 3.63) is 84.1 Å². The van der Waals surface area contributed by atoms with Gasteiger partial charge in [0, 0.05) is 30.1 Å². The number of rotatable bonds is 13. The molecule has 5 rings (SSSR count). The first-order chi connectivity index (χ1) is 21.4. The number of primary amides is 1. The fourth-order valence-electron chi connectivity index (χ4n) is 6.09. The molecule has 1 fully saturated rings. The second-order valence-corrected chi connectivity index (χ2v) is 11.4. The highest BCUT2D eigenvalue weighted by atomic mass is 16.2. The zero-order valence-electron chi connectivity index (χ0n) is 24.8. The number of nitrogens with zero attached hydrogens (tertiary/aromatic N) is 1. The van der Waals surface area contributed by atoms with Gasteiger partial charge in [-0.05, 0) is 66.6 Å². The van der Waals surface area contributed by atoms with E-state index in [0.717, 1.165) is 32.8 Å². The maximum atomic E-state index is 13.6. The van der Waals surface area contributed by atoms with E-state index in [4.69, 9.17) is 11.5 Å². The Kier molecular flexibility index (Phi) is 9.91. The van der Waals surface area contributed by atoms with Gasteiger partial charge in [0.25, 0.3) is 0 Å². The third-order valence-electron chi connectivity index (χ3n) is 8.44. The normalized spacial score (nSPS) is 16.1. The summed E-state index contributed by atoms with van der Waals surface area (Å²) < 4.78 is 0. The molecule has 1 aliphatic rings. The van der Waals surface area contributed by atoms with Crippen LogP contribution in [-0.4, -0.2) is 64.7 Å². The maximum Gasteiger partial charge on any atom is 0.243 e. The lowest BCUT2D eigenvalue weighted by Gasteiger charge is -2.27. The molecule has 0 aliphatic carbocycles. The average Bonchev–Trinajstić information content (AvgIpc) is 3.68. The molecule has 2 heterocycles. The fourth-order valence-corrected chi connectivity index (χ4v) is 6.09. The summed E-state index contributed by atoms with van der Waals surface area (Å²) >= 11 is 0. The van der Waals surface area contributed by atoms with Crippen LogP contribution in [-0.2, 0) is 32.0 Å². The van der Waals surface area contributed by atoms with Crippen molar-refractivity contribution in [2.45, 2.75) is 63.1 Å². The maximum absolute atomic E-state index is 13.6. The Morgan fingerprint density at radius 2 is 1.64 bits per heavy atom. The predicted molar refractivity (Wildman–Crippen MR) is 170 cm³/mol. The first-order valence-electron chi connectivity index (χ1n) is 15.3. The van der Waals surface area contributed by atoms with E-state index in [1.54, 1.807) is 11.1 Å². The molecule has 44 heavy (non-hydrogen) atoms. The standard InChI is InChI=1S/C34H40N6O4/c35-17-6-5-15-28(33(43)39-29(32(36)42)19-24-21-37-27-14-4-3-13-26(24)27)38-34(44)30-16-8-18-40(30)31(41)20-23-11-7-10-22-9-1-2-12-25(22)23/h1-4,7,9-14,21,28-30,37H,5-6,8,15-20,35H2,(H2,36,42)(H,38,44)(H,39,43)/t28?,29?,30-/m0/s1. The smallest absolute Gasteiger partial charge is 0.243 e. The van der Waals surface area contributed by atoms with Crippen LogP contribution in [0.4, 0.5) is 0 Å². The molecule has 3 atom stereocenters. The van der Waals surface area contributed by atoms with Crippen LogP contribution in [0.1, 0.15) is 43.2 Å². The largest absolute Gasteiger partial charge is 0.368 e. The van der Waals surface area contributed by atoms with Crippen molar-refractivity contribution in [3.8, 4) is 0 Å². The van der Waals surface area contributed by atoms with Crippen LogP contribution < -0.4 is 22.1 Å². The molecule has 7 N–H and O–H groups in total. The number of carbonyl (C=O) groups excluding carboxylic acids is 4. The number of aromatic amines is 1. The Hall–Kier alpha value is -4.70. The van der Waals surface area contributed by atoms with Crippen LogP contribution in [0, 0.1) is 0 Å². The molecule has 2 unspecified atom stereocenters. The lowest BCUT2D eigenvalue weighted by molar-refractivity contribution is -0.139. The Labute approximate surface area is 256 Å². The molecule has 4 amide bonds. The number of aromatic nitrogens is 1. The summed E-state index contributed by atoms with van der Waals surface area (Å²) in [6, 6.07) is 18.9. The molecular formula is C34H40N6O4. The summed E-state index contributed by atoms with van der Waals surface area (Å²) in [4.78, 5) is 57.8. The fraction of sp³-hybridized carbons (Fsp3) is 0.353. The first-order valence-corrected chi connectivity index (χ1v) is 15.3. The van der Waals surface area contributed by atoms with Crippen LogP contribution >= 0.6 is 0 Å². The number of para-hydroxylation sites is 1. The number of hydrogen-bond acceptors (Lipinski definition) is 5. The third kappa shape index (κ3) is 7.08. The number of hydrogen-bond donors (Lipinski definition) is 5. The van der Waals surface area contributed by atoms with Gasteiger partial charge in [-0.2, -0.15) is 0 Å². The van der Waals surface area contributed by atoms with Crippen LogP contribution in [0.2, 0.25) is 0 Å². The van der Waals surface area contributed by atoms with Crippen molar-refractivity contribution in [1.29, 1.82) is 0 Å². The van der Waals surface area contributed by atoms with E-state index in [1.807, 2.05) is 66.7 Å². The number of fused-ring (bicyclic) bond motifs is 2. The van der Waals surface area contributed by atoms with E-state index in [9.17, 15) is 19.2 Å². The van der Waals surface area contributed by atoms with E-state index < -0.39 is 29.9 Å². The first kappa shape index (κ1) is 30.7. The molecule has 3 aromatic carbocycles. The highest BCUT2D eigenvalue weighted by molar-refractivity contribution is 5.96. The number of carbonyl (C=O) groups is 4. The zero-order valence-corrected chi connectivity index (χ0v) is 24.8. The molecular weight excluding hydrogens is 556 g/mol. The van der Waals surface area contributed by atoms with Crippen molar-refractivity contribution >= 4 is 45.3 Å². The molecule has 1 aliphatic heterocycles. The molecule has 0 spiro atoms. The predicted octanol–water partition coefficient (Wildman–Crippen LogP) is 2.68. The molecule has 0 radical (unpaired) electrons. The van der Waals surface area contributed by atoms with Crippen LogP contribution in [0.5, 0.6) is 0 Å². The number of nitrogens with two attached hydrogens (primary N) is 2. The van der Waals surface area contributed by atoms with Gasteiger partial charge in [0.2, 0.25) is 23.6 Å². The van der Waals surface area contributed by atoms with E-state index in [1.165, 1.54) is 0 Å². The highest BCUT2D eigenvalue weighted by Crippen LogP contribution is 2.24. The molecule has 1 saturated heterocycles. The topological polar surface area (TPSA) is 163 Å². The van der Waals surface area contributed by atoms with Gasteiger partial charge in [-0.15, -0.1) is 0 Å². The number of benzene rings is 3. The van der Waals surface area contributed by atoms with E-state index >= 15 is 0 Å². The van der Waals surface area contributed by atoms with Crippen molar-refractivity contribution in [2.75, 3.05) is 13.1 Å². The van der Waals surface area contributed by atoms with Gasteiger partial charge < -0.3 is 32.0 Å². The Balaban J connectivity index is 1.27. The van der Waals surface area contributed by atoms with Crippen molar-refractivity contribution in [3.63, 3.8) is 0 Å². The number of H-pyrrole nitrogens is 1. The number of unbranched alkanes of at least 4 members (excludes halogenated alkanes) is 1. The quantitative estimate of drug-likeness (QED) is 0.150. The molecule has 0 saturated carbocycles. The van der Waals surface area contributed by atoms with E-state index in [2.05, 4.69) is 15.6 Å². The lowest BCUT2D eigenvalue weighted by atomic mass is 10.0. The number of likely N-dealkylation sites (tertiary alicyclic amines) is 1. The van der Waals surface area contributed by atoms with Crippen LogP contribution in [0.15, 0.2) is 72.9 Å². The van der Waals surface area contributed by atoms with Crippen molar-refractivity contribution in [2.24, 2.45) is 11.5 Å². The number of amides is 4. The van der Waals surface area contributed by atoms with Crippen LogP contribution in [0.25, 0.3) is 21.7 Å². The van der Waals surface area contributed by atoms with Gasteiger partial charge in [0.1, 0.15) is 18.1 Å². The lowest BCUT2D eigenvalue weighted by Crippen LogP contribution is -2.56. The average molecular weight is 597 g/mol. The summed E-state index contributed by atoms with van der Waals surface area (Å²) in [5.41, 5.74) is 14.1. The Morgan fingerprint density at radius 3 is 2.43 bits per heavy atom. The molecule has 4 aromatic rings. The molecule has 1 aromatic heterocycles. The summed E-state index contributed by atoms with van der Waals surface area (Å²) in [5, 5.41) is 8.66. The second-order valence-electron chi connectivity index (χ2n) is 11.4. The molecule has 230 valence electrons. The molecule has 0 bridgehead atoms. The third-order valence-corrected chi connectivity index (χ3v) is 8.44. The van der Waals surface area contributed by atoms with Gasteiger partial charge in [-0.3, -0.25) is 19.2 Å². The van der Waals surface area contributed by atoms with Crippen molar-refractivity contribution in [1.82, 2.24) is 20.5 Å². The minimum atomic E-state index is -0.971. The van der Waals surface area contributed by atoms with Gasteiger partial charge in [0.15, 0.2) is 0 Å². The second kappa shape index (κ2) is 14.2. The Bertz CT molecular complexity index is 1640. The summed E-state index contributed by atoms with van der Waals surface area (Å²) in [6.07, 6.45) is 5.00. The molecule has 10 heteroatoms. The van der Waals surface area contributed by atoms with Crippen molar-refractivity contribution < 1.29 is 19.2 Å². The van der Waals surface area contributed by atoms with Gasteiger partial charge in [-0.1, -0.05) is 60.7 Å². The molecule has 10 nitrogen and oxygen atoms in total. The highest BCUT2D eigenvalue weighted by Gasteiger charge is 2.36. The Morgan fingerprint density at radius 1 is 0.886 bits per heavy atom. The SMILES string of the molecule is NCCCCC(NC(=O)[C@@H]1CCCN1C(=O)Cc1cccc2ccccc12)C(=O)NC(Cc1c[nH]c2ccccc12)C(N)=O. The minimum Gasteiger partial charge on any atom is -0.368 e. The summed E-state index contributed by atoms with van der Waals surface area (Å²) in [7, 11) is 0. The monoisotopic (exact) mass is 596 g/mol. The summed E-state index contributed by atoms with van der Waals surface area (Å²) in [5.74, 6) is -1.67. The van der Waals surface area contributed by atoms with E-state index in [0.29, 0.717) is 45.2 Å².